The number of amides is 1. The van der Waals surface area contributed by atoms with Crippen molar-refractivity contribution in [1.29, 1.82) is 0 Å². The van der Waals surface area contributed by atoms with E-state index in [4.69, 9.17) is 9.47 Å². The van der Waals surface area contributed by atoms with Gasteiger partial charge in [0.2, 0.25) is 0 Å². The Hall–Kier alpha value is -2.91. The largest absolute Gasteiger partial charge is 0.493 e. The molecule has 2 aliphatic rings. The molecule has 0 spiro atoms. The summed E-state index contributed by atoms with van der Waals surface area (Å²) in [4.78, 5) is 12.8. The van der Waals surface area contributed by atoms with Crippen molar-refractivity contribution in [2.75, 3.05) is 19.5 Å². The number of methoxy groups -OCH3 is 2. The van der Waals surface area contributed by atoms with Crippen LogP contribution in [0.2, 0.25) is 0 Å². The van der Waals surface area contributed by atoms with E-state index in [0.29, 0.717) is 17.1 Å². The SMILES string of the molecule is COc1ccc([C@@H]2C[C@H](C(F)(F)F)n3ncc(C(=O)NC4CCCC4)c3N2)cc1OC. The summed E-state index contributed by atoms with van der Waals surface area (Å²) >= 11 is 0. The zero-order valence-corrected chi connectivity index (χ0v) is 17.3. The number of nitrogens with one attached hydrogen (secondary N) is 2. The monoisotopic (exact) mass is 438 g/mol. The minimum atomic E-state index is -4.52. The van der Waals surface area contributed by atoms with Crippen molar-refractivity contribution in [2.24, 2.45) is 0 Å². The molecule has 2 N–H and O–H groups in total. The fraction of sp³-hybridized carbons (Fsp3) is 0.524. The molecule has 4 rings (SSSR count). The fourth-order valence-corrected chi connectivity index (χ4v) is 4.35. The van der Waals surface area contributed by atoms with Crippen molar-refractivity contribution in [2.45, 2.75) is 56.4 Å². The number of alkyl halides is 3. The number of benzene rings is 1. The topological polar surface area (TPSA) is 77.4 Å². The Bertz CT molecular complexity index is 954. The summed E-state index contributed by atoms with van der Waals surface area (Å²) in [7, 11) is 2.96. The number of anilines is 1. The first-order valence-electron chi connectivity index (χ1n) is 10.3. The van der Waals surface area contributed by atoms with Crippen LogP contribution in [0.15, 0.2) is 24.4 Å². The molecule has 1 aliphatic heterocycles. The lowest BCUT2D eigenvalue weighted by atomic mass is 9.96. The summed E-state index contributed by atoms with van der Waals surface area (Å²) in [5.74, 6) is 0.568. The van der Waals surface area contributed by atoms with E-state index in [1.54, 1.807) is 18.2 Å². The Morgan fingerprint density at radius 1 is 1.19 bits per heavy atom. The van der Waals surface area contributed by atoms with E-state index in [1.165, 1.54) is 20.4 Å². The highest BCUT2D eigenvalue weighted by molar-refractivity contribution is 5.99. The molecule has 1 aromatic heterocycles. The van der Waals surface area contributed by atoms with Crippen molar-refractivity contribution < 1.29 is 27.4 Å². The van der Waals surface area contributed by atoms with Crippen LogP contribution in [0.3, 0.4) is 0 Å². The highest BCUT2D eigenvalue weighted by Gasteiger charge is 2.47. The lowest BCUT2D eigenvalue weighted by Crippen LogP contribution is -2.37. The Morgan fingerprint density at radius 3 is 2.55 bits per heavy atom. The molecule has 2 atom stereocenters. The second-order valence-electron chi connectivity index (χ2n) is 7.91. The molecule has 0 unspecified atom stereocenters. The molecule has 2 heterocycles. The predicted molar refractivity (Wildman–Crippen MR) is 108 cm³/mol. The summed E-state index contributed by atoms with van der Waals surface area (Å²) in [6.45, 7) is 0. The summed E-state index contributed by atoms with van der Waals surface area (Å²) in [5, 5.41) is 9.94. The molecule has 7 nitrogen and oxygen atoms in total. The first-order valence-corrected chi connectivity index (χ1v) is 10.3. The van der Waals surface area contributed by atoms with Crippen LogP contribution < -0.4 is 20.1 Å². The van der Waals surface area contributed by atoms with Crippen LogP contribution >= 0.6 is 0 Å². The molecule has 1 saturated carbocycles. The van der Waals surface area contributed by atoms with Crippen LogP contribution in [-0.2, 0) is 0 Å². The number of nitrogens with zero attached hydrogens (tertiary/aromatic N) is 2. The molecule has 1 amide bonds. The number of fused-ring (bicyclic) bond motifs is 1. The van der Waals surface area contributed by atoms with Gasteiger partial charge in [0.15, 0.2) is 17.5 Å². The predicted octanol–water partition coefficient (Wildman–Crippen LogP) is 4.23. The third-order valence-corrected chi connectivity index (χ3v) is 5.98. The molecule has 10 heteroatoms. The number of carbonyl (C=O) groups excluding carboxylic acids is 1. The second-order valence-corrected chi connectivity index (χ2v) is 7.91. The number of hydrogen-bond donors (Lipinski definition) is 2. The minimum absolute atomic E-state index is 0.0479. The molecule has 168 valence electrons. The van der Waals surface area contributed by atoms with E-state index in [-0.39, 0.29) is 23.8 Å². The standard InChI is InChI=1S/C21H25F3N4O3/c1-30-16-8-7-12(9-17(16)31-2)15-10-18(21(22,23)24)28-19(27-15)14(11-25-28)20(29)26-13-5-3-4-6-13/h7-9,11,13,15,18,27H,3-6,10H2,1-2H3,(H,26,29)/t15-,18+/m0/s1. The van der Waals surface area contributed by atoms with Crippen LogP contribution in [-0.4, -0.2) is 42.1 Å². The number of halogens is 3. The molecule has 1 fully saturated rings. The van der Waals surface area contributed by atoms with E-state index >= 15 is 0 Å². The third-order valence-electron chi connectivity index (χ3n) is 5.98. The number of rotatable bonds is 5. The normalized spacial score (nSPS) is 21.3. The van der Waals surface area contributed by atoms with Crippen molar-refractivity contribution in [3.8, 4) is 11.5 Å². The summed E-state index contributed by atoms with van der Waals surface area (Å²) in [6.07, 6.45) is 0.250. The summed E-state index contributed by atoms with van der Waals surface area (Å²) in [6, 6.07) is 2.50. The maximum atomic E-state index is 13.9. The number of ether oxygens (including phenoxy) is 2. The summed E-state index contributed by atoms with van der Waals surface area (Å²) < 4.78 is 53.0. The molecule has 2 aromatic rings. The quantitative estimate of drug-likeness (QED) is 0.731. The van der Waals surface area contributed by atoms with Crippen molar-refractivity contribution in [3.63, 3.8) is 0 Å². The van der Waals surface area contributed by atoms with Gasteiger partial charge in [0, 0.05) is 12.5 Å². The van der Waals surface area contributed by atoms with E-state index in [1.807, 2.05) is 0 Å². The van der Waals surface area contributed by atoms with Gasteiger partial charge >= 0.3 is 6.18 Å². The third kappa shape index (κ3) is 4.15. The van der Waals surface area contributed by atoms with E-state index in [2.05, 4.69) is 15.7 Å². The molecule has 31 heavy (non-hydrogen) atoms. The zero-order chi connectivity index (χ0) is 22.2. The molecule has 1 aliphatic carbocycles. The average Bonchev–Trinajstić information content (AvgIpc) is 3.41. The Morgan fingerprint density at radius 2 is 1.90 bits per heavy atom. The van der Waals surface area contributed by atoms with Gasteiger partial charge in [-0.1, -0.05) is 18.9 Å². The van der Waals surface area contributed by atoms with E-state index in [0.717, 1.165) is 30.4 Å². The second kappa shape index (κ2) is 8.32. The molecular weight excluding hydrogens is 413 g/mol. The maximum absolute atomic E-state index is 13.9. The van der Waals surface area contributed by atoms with Crippen LogP contribution in [0, 0.1) is 0 Å². The van der Waals surface area contributed by atoms with Crippen LogP contribution in [0.4, 0.5) is 19.0 Å². The van der Waals surface area contributed by atoms with Gasteiger partial charge in [0.25, 0.3) is 5.91 Å². The zero-order valence-electron chi connectivity index (χ0n) is 17.3. The number of aromatic nitrogens is 2. The number of hydrogen-bond acceptors (Lipinski definition) is 5. The Labute approximate surface area is 177 Å². The first kappa shape index (κ1) is 21.3. The van der Waals surface area contributed by atoms with Crippen molar-refractivity contribution in [3.05, 3.63) is 35.5 Å². The highest BCUT2D eigenvalue weighted by Crippen LogP contribution is 2.45. The number of carbonyl (C=O) groups is 1. The molecular formula is C21H25F3N4O3. The fourth-order valence-electron chi connectivity index (χ4n) is 4.35. The maximum Gasteiger partial charge on any atom is 0.410 e. The van der Waals surface area contributed by atoms with E-state index in [9.17, 15) is 18.0 Å². The van der Waals surface area contributed by atoms with Gasteiger partial charge in [-0.15, -0.1) is 0 Å². The smallest absolute Gasteiger partial charge is 0.410 e. The molecule has 1 aromatic carbocycles. The van der Waals surface area contributed by atoms with Crippen molar-refractivity contribution in [1.82, 2.24) is 15.1 Å². The Kier molecular flexibility index (Phi) is 5.72. The molecule has 0 bridgehead atoms. The molecule has 0 saturated heterocycles. The van der Waals surface area contributed by atoms with E-state index < -0.39 is 24.2 Å². The van der Waals surface area contributed by atoms with Gasteiger partial charge < -0.3 is 20.1 Å². The first-order chi connectivity index (χ1) is 14.8. The van der Waals surface area contributed by atoms with Gasteiger partial charge in [-0.25, -0.2) is 4.68 Å². The van der Waals surface area contributed by atoms with Gasteiger partial charge in [-0.2, -0.15) is 18.3 Å². The lowest BCUT2D eigenvalue weighted by molar-refractivity contribution is -0.173. The average molecular weight is 438 g/mol. The van der Waals surface area contributed by atoms with Crippen LogP contribution in [0.1, 0.15) is 60.1 Å². The highest BCUT2D eigenvalue weighted by atomic mass is 19.4. The van der Waals surface area contributed by atoms with Crippen LogP contribution in [0.25, 0.3) is 0 Å². The van der Waals surface area contributed by atoms with Crippen molar-refractivity contribution >= 4 is 11.7 Å². The summed E-state index contributed by atoms with van der Waals surface area (Å²) in [5.41, 5.74) is 0.716. The van der Waals surface area contributed by atoms with Gasteiger partial charge in [0.05, 0.1) is 26.5 Å². The van der Waals surface area contributed by atoms with Gasteiger partial charge in [-0.3, -0.25) is 4.79 Å². The minimum Gasteiger partial charge on any atom is -0.493 e. The molecule has 0 radical (unpaired) electrons. The van der Waals surface area contributed by atoms with Gasteiger partial charge in [0.1, 0.15) is 11.4 Å². The van der Waals surface area contributed by atoms with Crippen LogP contribution in [0.5, 0.6) is 11.5 Å². The Balaban J connectivity index is 1.68. The lowest BCUT2D eigenvalue weighted by Gasteiger charge is -2.34. The van der Waals surface area contributed by atoms with Gasteiger partial charge in [-0.05, 0) is 30.5 Å².